The molecule has 2 heteroatoms. The maximum Gasteiger partial charge on any atom is -0.0136 e. The van der Waals surface area contributed by atoms with E-state index in [1.165, 1.54) is 0 Å². The Labute approximate surface area is 80.9 Å². The molecule has 0 unspecified atom stereocenters. The van der Waals surface area contributed by atoms with Gasteiger partial charge in [0.25, 0.3) is 0 Å². The minimum atomic E-state index is 0.163. The zero-order chi connectivity index (χ0) is 10.2. The Morgan fingerprint density at radius 2 is 0.917 bits per heavy atom. The molecular formula is C10H24P2. The number of hydrogen-bond donors (Lipinski definition) is 0. The van der Waals surface area contributed by atoms with Gasteiger partial charge in [0.2, 0.25) is 0 Å². The summed E-state index contributed by atoms with van der Waals surface area (Å²) in [4.78, 5) is 0. The van der Waals surface area contributed by atoms with Crippen molar-refractivity contribution in [2.75, 3.05) is 13.3 Å². The zero-order valence-corrected chi connectivity index (χ0v) is 11.7. The molecule has 0 bridgehead atoms. The van der Waals surface area contributed by atoms with Gasteiger partial charge in [-0.3, -0.25) is 0 Å². The molecule has 0 spiro atoms. The highest BCUT2D eigenvalue weighted by Gasteiger charge is 2.36. The minimum Gasteiger partial charge on any atom is -0.0863 e. The summed E-state index contributed by atoms with van der Waals surface area (Å²) in [6.07, 6.45) is 0. The minimum absolute atomic E-state index is 0.163. The maximum atomic E-state index is 2.43. The Kier molecular flexibility index (Phi) is 4.21. The van der Waals surface area contributed by atoms with Crippen LogP contribution in [-0.4, -0.2) is 23.6 Å². The van der Waals surface area contributed by atoms with E-state index in [1.54, 1.807) is 0 Å². The van der Waals surface area contributed by atoms with Crippen LogP contribution in [0.1, 0.15) is 41.5 Å². The van der Waals surface area contributed by atoms with Crippen LogP contribution in [0.5, 0.6) is 0 Å². The standard InChI is InChI=1S/C10H24P2/c1-9(2,3)12(11(7)8)10(4,5)6/h1-8H3. The van der Waals surface area contributed by atoms with E-state index in [4.69, 9.17) is 0 Å². The second-order valence-electron chi connectivity index (χ2n) is 5.50. The van der Waals surface area contributed by atoms with Crippen LogP contribution in [0.4, 0.5) is 0 Å². The van der Waals surface area contributed by atoms with Gasteiger partial charge in [0, 0.05) is 0 Å². The van der Waals surface area contributed by atoms with Gasteiger partial charge in [0.05, 0.1) is 0 Å². The zero-order valence-electron chi connectivity index (χ0n) is 9.89. The van der Waals surface area contributed by atoms with Crippen LogP contribution in [-0.2, 0) is 0 Å². The van der Waals surface area contributed by atoms with Crippen molar-refractivity contribution in [2.45, 2.75) is 51.9 Å². The van der Waals surface area contributed by atoms with Crippen LogP contribution in [0.3, 0.4) is 0 Å². The monoisotopic (exact) mass is 206 g/mol. The molecule has 0 aromatic carbocycles. The van der Waals surface area contributed by atoms with Gasteiger partial charge in [-0.1, -0.05) is 56.8 Å². The van der Waals surface area contributed by atoms with Crippen molar-refractivity contribution in [3.63, 3.8) is 0 Å². The van der Waals surface area contributed by atoms with Gasteiger partial charge in [-0.25, -0.2) is 0 Å². The summed E-state index contributed by atoms with van der Waals surface area (Å²) in [5, 5.41) is 1.03. The molecule has 0 nitrogen and oxygen atoms in total. The molecule has 0 radical (unpaired) electrons. The first-order valence-corrected chi connectivity index (χ1v) is 8.82. The van der Waals surface area contributed by atoms with E-state index in [-0.39, 0.29) is 15.2 Å². The van der Waals surface area contributed by atoms with E-state index in [0.717, 1.165) is 0 Å². The molecule has 0 amide bonds. The molecule has 12 heavy (non-hydrogen) atoms. The molecule has 0 saturated heterocycles. The van der Waals surface area contributed by atoms with Crippen LogP contribution in [0, 0.1) is 0 Å². The van der Waals surface area contributed by atoms with E-state index in [9.17, 15) is 0 Å². The molecule has 0 aliphatic carbocycles. The third-order valence-corrected chi connectivity index (χ3v) is 11.0. The molecule has 0 N–H and O–H groups in total. The molecule has 0 fully saturated rings. The van der Waals surface area contributed by atoms with Crippen molar-refractivity contribution in [2.24, 2.45) is 0 Å². The van der Waals surface area contributed by atoms with Gasteiger partial charge in [-0.2, -0.15) is 0 Å². The summed E-state index contributed by atoms with van der Waals surface area (Å²) in [5.74, 6) is 0. The lowest BCUT2D eigenvalue weighted by atomic mass is 10.2. The quantitative estimate of drug-likeness (QED) is 0.544. The van der Waals surface area contributed by atoms with Crippen molar-refractivity contribution in [1.82, 2.24) is 0 Å². The van der Waals surface area contributed by atoms with Gasteiger partial charge in [0.1, 0.15) is 0 Å². The number of hydrogen-bond acceptors (Lipinski definition) is 0. The molecule has 0 atom stereocenters. The topological polar surface area (TPSA) is 0 Å². The number of rotatable bonds is 1. The second-order valence-corrected chi connectivity index (χ2v) is 14.1. The van der Waals surface area contributed by atoms with E-state index in [1.807, 2.05) is 0 Å². The molecule has 0 aliphatic rings. The average Bonchev–Trinajstić information content (AvgIpc) is 1.49. The lowest BCUT2D eigenvalue weighted by molar-refractivity contribution is 0.720. The molecule has 74 valence electrons. The summed E-state index contributed by atoms with van der Waals surface area (Å²) in [6.45, 7) is 19.2. The van der Waals surface area contributed by atoms with E-state index in [2.05, 4.69) is 54.9 Å². The third-order valence-electron chi connectivity index (χ3n) is 1.67. The predicted octanol–water partition coefficient (Wildman–Crippen LogP) is 4.72. The smallest absolute Gasteiger partial charge is 0.0136 e. The molecule has 0 saturated carbocycles. The Morgan fingerprint density at radius 1 is 0.667 bits per heavy atom. The van der Waals surface area contributed by atoms with Crippen LogP contribution >= 0.6 is 15.2 Å². The first kappa shape index (κ1) is 12.9. The Balaban J connectivity index is 4.70. The lowest BCUT2D eigenvalue weighted by Crippen LogP contribution is -2.23. The maximum absolute atomic E-state index is 2.43. The van der Waals surface area contributed by atoms with Gasteiger partial charge >= 0.3 is 0 Å². The van der Waals surface area contributed by atoms with E-state index >= 15 is 0 Å². The van der Waals surface area contributed by atoms with Crippen LogP contribution in [0.2, 0.25) is 0 Å². The summed E-state index contributed by atoms with van der Waals surface area (Å²) < 4.78 is 0. The fourth-order valence-electron chi connectivity index (χ4n) is 2.21. The summed E-state index contributed by atoms with van der Waals surface area (Å²) in [5.41, 5.74) is 0. The van der Waals surface area contributed by atoms with Crippen LogP contribution in [0.15, 0.2) is 0 Å². The Hall–Kier alpha value is 0.860. The van der Waals surface area contributed by atoms with Gasteiger partial charge in [0.15, 0.2) is 0 Å². The van der Waals surface area contributed by atoms with Gasteiger partial charge < -0.3 is 0 Å². The highest BCUT2D eigenvalue weighted by molar-refractivity contribution is 8.30. The lowest BCUT2D eigenvalue weighted by Gasteiger charge is -2.44. The molecule has 0 heterocycles. The summed E-state index contributed by atoms with van der Waals surface area (Å²) in [6, 6.07) is 0. The predicted molar refractivity (Wildman–Crippen MR) is 65.2 cm³/mol. The molecule has 0 rings (SSSR count). The fraction of sp³-hybridized carbons (Fsp3) is 1.00. The molecular weight excluding hydrogens is 182 g/mol. The first-order valence-electron chi connectivity index (χ1n) is 4.54. The van der Waals surface area contributed by atoms with Crippen LogP contribution in [0.25, 0.3) is 0 Å². The van der Waals surface area contributed by atoms with Crippen molar-refractivity contribution >= 4 is 15.2 Å². The molecule has 0 aromatic rings. The van der Waals surface area contributed by atoms with Crippen molar-refractivity contribution in [1.29, 1.82) is 0 Å². The normalized spacial score (nSPS) is 14.5. The highest BCUT2D eigenvalue weighted by Crippen LogP contribution is 2.77. The highest BCUT2D eigenvalue weighted by atomic mass is 32.1. The van der Waals surface area contributed by atoms with E-state index in [0.29, 0.717) is 10.3 Å². The molecule has 0 aromatic heterocycles. The van der Waals surface area contributed by atoms with Gasteiger partial charge in [-0.15, -0.1) is 0 Å². The largest absolute Gasteiger partial charge is 0.0863 e. The van der Waals surface area contributed by atoms with Crippen molar-refractivity contribution in [3.05, 3.63) is 0 Å². The summed E-state index contributed by atoms with van der Waals surface area (Å²) >= 11 is 0. The molecule has 0 aliphatic heterocycles. The third kappa shape index (κ3) is 3.71. The van der Waals surface area contributed by atoms with E-state index < -0.39 is 0 Å². The van der Waals surface area contributed by atoms with Crippen LogP contribution < -0.4 is 0 Å². The SMILES string of the molecule is CP(C)P(C(C)(C)C)C(C)(C)C. The second kappa shape index (κ2) is 3.93. The van der Waals surface area contributed by atoms with Gasteiger partial charge in [-0.05, 0) is 23.6 Å². The Morgan fingerprint density at radius 3 is 0.917 bits per heavy atom. The fourth-order valence-corrected chi connectivity index (χ4v) is 13.8. The van der Waals surface area contributed by atoms with Crippen molar-refractivity contribution in [3.8, 4) is 0 Å². The van der Waals surface area contributed by atoms with Crippen molar-refractivity contribution < 1.29 is 0 Å². The first-order chi connectivity index (χ1) is 5.07. The average molecular weight is 206 g/mol. The Bertz CT molecular complexity index is 123. The summed E-state index contributed by atoms with van der Waals surface area (Å²) in [7, 11) is 0.388.